The lowest BCUT2D eigenvalue weighted by atomic mass is 10.1. The highest BCUT2D eigenvalue weighted by atomic mass is 19.1. The van der Waals surface area contributed by atoms with Crippen LogP contribution in [0.5, 0.6) is 0 Å². The maximum Gasteiger partial charge on any atom is 0.334 e. The molecule has 0 saturated heterocycles. The molecule has 128 valence electrons. The molecule has 1 atom stereocenters. The zero-order chi connectivity index (χ0) is 17.9. The van der Waals surface area contributed by atoms with Crippen molar-refractivity contribution in [3.8, 4) is 5.69 Å². The molecule has 0 aliphatic heterocycles. The topological polar surface area (TPSA) is 93.5 Å². The van der Waals surface area contributed by atoms with E-state index in [2.05, 4.69) is 10.4 Å². The van der Waals surface area contributed by atoms with Crippen molar-refractivity contribution in [3.63, 3.8) is 0 Å². The van der Waals surface area contributed by atoms with Crippen LogP contribution in [-0.2, 0) is 9.53 Å². The summed E-state index contributed by atoms with van der Waals surface area (Å²) in [6, 6.07) is 5.81. The van der Waals surface area contributed by atoms with Gasteiger partial charge >= 0.3 is 5.97 Å². The molecule has 1 amide bonds. The van der Waals surface area contributed by atoms with E-state index in [0.29, 0.717) is 0 Å². The lowest BCUT2D eigenvalue weighted by Gasteiger charge is -2.12. The fourth-order valence-electron chi connectivity index (χ4n) is 2.25. The molecule has 0 bridgehead atoms. The maximum absolute atomic E-state index is 14.3. The van der Waals surface area contributed by atoms with E-state index in [1.54, 1.807) is 13.8 Å². The van der Waals surface area contributed by atoms with Crippen LogP contribution in [-0.4, -0.2) is 46.5 Å². The summed E-state index contributed by atoms with van der Waals surface area (Å²) in [7, 11) is 1.23. The summed E-state index contributed by atoms with van der Waals surface area (Å²) in [5.74, 6) is -2.38. The first-order chi connectivity index (χ1) is 11.3. The van der Waals surface area contributed by atoms with Gasteiger partial charge in [-0.05, 0) is 38.1 Å². The standard InChI is InChI=1S/C16H18FN3O4/c1-9-6-10(2)20(19-9)13-5-4-11(7-12(13)17)15(21)18-8-14(24-3)16(22)23/h4-7,14H,8H2,1-3H3,(H,18,21)(H,22,23). The van der Waals surface area contributed by atoms with Crippen molar-refractivity contribution in [1.29, 1.82) is 0 Å². The Kier molecular flexibility index (Phi) is 5.30. The van der Waals surface area contributed by atoms with Gasteiger partial charge in [-0.2, -0.15) is 5.10 Å². The number of ether oxygens (including phenoxy) is 1. The molecule has 2 aromatic rings. The molecule has 8 heteroatoms. The van der Waals surface area contributed by atoms with Gasteiger partial charge in [0.05, 0.1) is 12.2 Å². The summed E-state index contributed by atoms with van der Waals surface area (Å²) in [6.07, 6.45) is -1.16. The number of nitrogens with zero attached hydrogens (tertiary/aromatic N) is 2. The number of methoxy groups -OCH3 is 1. The second-order valence-electron chi connectivity index (χ2n) is 5.28. The molecule has 0 saturated carbocycles. The number of aliphatic carboxylic acids is 1. The Hall–Kier alpha value is -2.74. The molecular weight excluding hydrogens is 317 g/mol. The molecule has 0 spiro atoms. The van der Waals surface area contributed by atoms with E-state index < -0.39 is 23.8 Å². The molecule has 0 radical (unpaired) electrons. The van der Waals surface area contributed by atoms with Gasteiger partial charge in [-0.15, -0.1) is 0 Å². The minimum Gasteiger partial charge on any atom is -0.479 e. The number of halogens is 1. The maximum atomic E-state index is 14.3. The van der Waals surface area contributed by atoms with Crippen LogP contribution < -0.4 is 5.32 Å². The predicted molar refractivity (Wildman–Crippen MR) is 83.8 cm³/mol. The Morgan fingerprint density at radius 3 is 2.58 bits per heavy atom. The van der Waals surface area contributed by atoms with E-state index in [9.17, 15) is 14.0 Å². The minimum absolute atomic E-state index is 0.0815. The second kappa shape index (κ2) is 7.22. The minimum atomic E-state index is -1.19. The number of carbonyl (C=O) groups is 2. The van der Waals surface area contributed by atoms with Crippen LogP contribution in [0.25, 0.3) is 5.69 Å². The molecule has 2 N–H and O–H groups in total. The van der Waals surface area contributed by atoms with Crippen molar-refractivity contribution in [2.45, 2.75) is 20.0 Å². The number of amides is 1. The van der Waals surface area contributed by atoms with Crippen LogP contribution in [0.2, 0.25) is 0 Å². The quantitative estimate of drug-likeness (QED) is 0.833. The number of rotatable bonds is 6. The van der Waals surface area contributed by atoms with E-state index in [0.717, 1.165) is 17.5 Å². The average molecular weight is 335 g/mol. The average Bonchev–Trinajstić information content (AvgIpc) is 2.85. The van der Waals surface area contributed by atoms with Crippen molar-refractivity contribution < 1.29 is 23.8 Å². The fourth-order valence-corrected chi connectivity index (χ4v) is 2.25. The Morgan fingerprint density at radius 2 is 2.08 bits per heavy atom. The highest BCUT2D eigenvalue weighted by molar-refractivity contribution is 5.94. The third kappa shape index (κ3) is 3.77. The number of carboxylic acids is 1. The van der Waals surface area contributed by atoms with Gasteiger partial charge < -0.3 is 15.2 Å². The van der Waals surface area contributed by atoms with Crippen molar-refractivity contribution in [2.75, 3.05) is 13.7 Å². The third-order valence-electron chi connectivity index (χ3n) is 3.46. The Balaban J connectivity index is 2.16. The summed E-state index contributed by atoms with van der Waals surface area (Å²) >= 11 is 0. The summed E-state index contributed by atoms with van der Waals surface area (Å²) in [6.45, 7) is 3.39. The first-order valence-electron chi connectivity index (χ1n) is 7.20. The number of benzene rings is 1. The Labute approximate surface area is 138 Å². The number of hydrogen-bond donors (Lipinski definition) is 2. The fraction of sp³-hybridized carbons (Fsp3) is 0.312. The number of carboxylic acid groups (broad SMARTS) is 1. The van der Waals surface area contributed by atoms with Crippen molar-refractivity contribution >= 4 is 11.9 Å². The third-order valence-corrected chi connectivity index (χ3v) is 3.46. The van der Waals surface area contributed by atoms with Gasteiger partial charge in [-0.25, -0.2) is 13.9 Å². The van der Waals surface area contributed by atoms with Crippen LogP contribution in [0.3, 0.4) is 0 Å². The number of nitrogens with one attached hydrogen (secondary N) is 1. The largest absolute Gasteiger partial charge is 0.479 e. The van der Waals surface area contributed by atoms with E-state index in [1.165, 1.54) is 23.9 Å². The molecule has 1 aromatic heterocycles. The number of aromatic nitrogens is 2. The molecule has 2 rings (SSSR count). The van der Waals surface area contributed by atoms with E-state index >= 15 is 0 Å². The summed E-state index contributed by atoms with van der Waals surface area (Å²) < 4.78 is 20.5. The molecule has 0 aliphatic rings. The smallest absolute Gasteiger partial charge is 0.334 e. The number of hydrogen-bond acceptors (Lipinski definition) is 4. The first-order valence-corrected chi connectivity index (χ1v) is 7.20. The molecule has 0 aliphatic carbocycles. The van der Waals surface area contributed by atoms with Crippen LogP contribution in [0.1, 0.15) is 21.7 Å². The van der Waals surface area contributed by atoms with Gasteiger partial charge in [0.2, 0.25) is 0 Å². The first kappa shape index (κ1) is 17.6. The predicted octanol–water partition coefficient (Wildman–Crippen LogP) is 1.46. The highest BCUT2D eigenvalue weighted by Crippen LogP contribution is 2.17. The van der Waals surface area contributed by atoms with Gasteiger partial charge in [0.15, 0.2) is 6.10 Å². The highest BCUT2D eigenvalue weighted by Gasteiger charge is 2.18. The van der Waals surface area contributed by atoms with E-state index in [1.807, 2.05) is 6.07 Å². The van der Waals surface area contributed by atoms with Gasteiger partial charge in [0, 0.05) is 18.4 Å². The molecule has 1 heterocycles. The number of carbonyl (C=O) groups excluding carboxylic acids is 1. The Bertz CT molecular complexity index is 773. The van der Waals surface area contributed by atoms with Gasteiger partial charge in [0.1, 0.15) is 11.5 Å². The van der Waals surface area contributed by atoms with Crippen molar-refractivity contribution in [3.05, 3.63) is 47.0 Å². The SMILES string of the molecule is COC(CNC(=O)c1ccc(-n2nc(C)cc2C)c(F)c1)C(=O)O. The van der Waals surface area contributed by atoms with E-state index in [-0.39, 0.29) is 17.8 Å². The molecule has 1 unspecified atom stereocenters. The molecule has 24 heavy (non-hydrogen) atoms. The normalized spacial score (nSPS) is 12.0. The summed E-state index contributed by atoms with van der Waals surface area (Å²) in [4.78, 5) is 22.8. The summed E-state index contributed by atoms with van der Waals surface area (Å²) in [5.41, 5.74) is 1.84. The van der Waals surface area contributed by atoms with Gasteiger partial charge in [0.25, 0.3) is 5.91 Å². The van der Waals surface area contributed by atoms with Crippen LogP contribution in [0, 0.1) is 19.7 Å². The number of aryl methyl sites for hydroxylation is 2. The monoisotopic (exact) mass is 335 g/mol. The zero-order valence-electron chi connectivity index (χ0n) is 13.5. The van der Waals surface area contributed by atoms with Crippen molar-refractivity contribution in [1.82, 2.24) is 15.1 Å². The lowest BCUT2D eigenvalue weighted by molar-refractivity contribution is -0.148. The molecule has 1 aromatic carbocycles. The van der Waals surface area contributed by atoms with Crippen molar-refractivity contribution in [2.24, 2.45) is 0 Å². The summed E-state index contributed by atoms with van der Waals surface area (Å²) in [5, 5.41) is 15.4. The van der Waals surface area contributed by atoms with Crippen LogP contribution >= 0.6 is 0 Å². The van der Waals surface area contributed by atoms with Gasteiger partial charge in [-0.3, -0.25) is 4.79 Å². The molecular formula is C16H18FN3O4. The Morgan fingerprint density at radius 1 is 1.38 bits per heavy atom. The molecule has 7 nitrogen and oxygen atoms in total. The van der Waals surface area contributed by atoms with Crippen LogP contribution in [0.4, 0.5) is 4.39 Å². The zero-order valence-corrected chi connectivity index (χ0v) is 13.5. The molecule has 0 fully saturated rings. The van der Waals surface area contributed by atoms with E-state index in [4.69, 9.17) is 9.84 Å². The lowest BCUT2D eigenvalue weighted by Crippen LogP contribution is -2.37. The van der Waals surface area contributed by atoms with Gasteiger partial charge in [-0.1, -0.05) is 0 Å². The second-order valence-corrected chi connectivity index (χ2v) is 5.28. The van der Waals surface area contributed by atoms with Crippen LogP contribution in [0.15, 0.2) is 24.3 Å².